The highest BCUT2D eigenvalue weighted by Gasteiger charge is 2.03. The molecular weight excluding hydrogens is 282 g/mol. The molecule has 0 fully saturated rings. The summed E-state index contributed by atoms with van der Waals surface area (Å²) < 4.78 is 2.28. The van der Waals surface area contributed by atoms with Crippen LogP contribution in [0.25, 0.3) is 10.9 Å². The second-order valence-corrected chi connectivity index (χ2v) is 5.57. The number of aromatic nitrogens is 2. The molecule has 0 amide bonds. The Morgan fingerprint density at radius 1 is 0.870 bits per heavy atom. The minimum atomic E-state index is 0.889. The summed E-state index contributed by atoms with van der Waals surface area (Å²) in [5.74, 6) is 0. The molecule has 3 nitrogen and oxygen atoms in total. The Balaban J connectivity index is 1.61. The van der Waals surface area contributed by atoms with Gasteiger partial charge in [-0.25, -0.2) is 0 Å². The molecule has 0 bridgehead atoms. The highest BCUT2D eigenvalue weighted by atomic mass is 15.0. The fourth-order valence-corrected chi connectivity index (χ4v) is 2.80. The molecule has 0 aliphatic rings. The molecule has 2 aromatic carbocycles. The van der Waals surface area contributed by atoms with E-state index in [4.69, 9.17) is 0 Å². The van der Waals surface area contributed by atoms with E-state index >= 15 is 0 Å². The van der Waals surface area contributed by atoms with Crippen molar-refractivity contribution in [3.8, 4) is 0 Å². The zero-order valence-electron chi connectivity index (χ0n) is 12.7. The topological polar surface area (TPSA) is 29.9 Å². The summed E-state index contributed by atoms with van der Waals surface area (Å²) in [7, 11) is 0. The van der Waals surface area contributed by atoms with Crippen LogP contribution in [-0.4, -0.2) is 9.55 Å². The van der Waals surface area contributed by atoms with Crippen LogP contribution in [0.4, 0.5) is 11.4 Å². The van der Waals surface area contributed by atoms with Crippen molar-refractivity contribution in [1.82, 2.24) is 9.55 Å². The van der Waals surface area contributed by atoms with Crippen LogP contribution in [0.3, 0.4) is 0 Å². The zero-order valence-corrected chi connectivity index (χ0v) is 12.7. The van der Waals surface area contributed by atoms with Crippen LogP contribution in [0.1, 0.15) is 5.56 Å². The number of pyridine rings is 1. The van der Waals surface area contributed by atoms with Gasteiger partial charge in [0.25, 0.3) is 0 Å². The van der Waals surface area contributed by atoms with Crippen LogP contribution >= 0.6 is 0 Å². The molecule has 1 N–H and O–H groups in total. The van der Waals surface area contributed by atoms with Crippen LogP contribution in [0.15, 0.2) is 85.3 Å². The molecular formula is C20H17N3. The molecule has 2 aromatic heterocycles. The third-order valence-electron chi connectivity index (χ3n) is 3.92. The molecule has 0 radical (unpaired) electrons. The first-order chi connectivity index (χ1) is 11.4. The van der Waals surface area contributed by atoms with E-state index in [0.717, 1.165) is 17.9 Å². The Hall–Kier alpha value is -3.07. The average molecular weight is 299 g/mol. The number of rotatable bonds is 4. The molecule has 0 saturated carbocycles. The van der Waals surface area contributed by atoms with Crippen molar-refractivity contribution in [3.05, 3.63) is 90.9 Å². The second-order valence-electron chi connectivity index (χ2n) is 5.57. The average Bonchev–Trinajstić information content (AvgIpc) is 2.99. The van der Waals surface area contributed by atoms with Gasteiger partial charge in [-0.3, -0.25) is 4.98 Å². The molecule has 0 atom stereocenters. The molecule has 4 aromatic rings. The van der Waals surface area contributed by atoms with Gasteiger partial charge in [-0.15, -0.1) is 0 Å². The lowest BCUT2D eigenvalue weighted by atomic mass is 10.2. The summed E-state index contributed by atoms with van der Waals surface area (Å²) >= 11 is 0. The lowest BCUT2D eigenvalue weighted by Crippen LogP contribution is -1.97. The Morgan fingerprint density at radius 3 is 2.61 bits per heavy atom. The Morgan fingerprint density at radius 2 is 1.78 bits per heavy atom. The molecule has 2 heterocycles. The van der Waals surface area contributed by atoms with Crippen molar-refractivity contribution in [2.75, 3.05) is 5.32 Å². The maximum Gasteiger partial charge on any atom is 0.0570 e. The van der Waals surface area contributed by atoms with E-state index in [1.807, 2.05) is 24.4 Å². The molecule has 0 spiro atoms. The van der Waals surface area contributed by atoms with Gasteiger partial charge in [0, 0.05) is 35.5 Å². The van der Waals surface area contributed by atoms with E-state index in [2.05, 4.69) is 69.6 Å². The molecule has 0 aliphatic heterocycles. The van der Waals surface area contributed by atoms with Gasteiger partial charge in [0.15, 0.2) is 0 Å². The molecule has 0 saturated heterocycles. The minimum absolute atomic E-state index is 0.889. The van der Waals surface area contributed by atoms with Gasteiger partial charge in [-0.05, 0) is 42.0 Å². The summed E-state index contributed by atoms with van der Waals surface area (Å²) in [6.07, 6.45) is 5.74. The summed E-state index contributed by atoms with van der Waals surface area (Å²) in [6.45, 7) is 0.889. The highest BCUT2D eigenvalue weighted by Crippen LogP contribution is 2.23. The molecule has 4 rings (SSSR count). The van der Waals surface area contributed by atoms with Crippen LogP contribution in [0, 0.1) is 0 Å². The summed E-state index contributed by atoms with van der Waals surface area (Å²) in [5.41, 5.74) is 4.62. The molecule has 0 aliphatic carbocycles. The number of nitrogens with zero attached hydrogens (tertiary/aromatic N) is 2. The number of hydrogen-bond acceptors (Lipinski definition) is 2. The van der Waals surface area contributed by atoms with Gasteiger partial charge in [0.2, 0.25) is 0 Å². The van der Waals surface area contributed by atoms with Gasteiger partial charge in [0.1, 0.15) is 0 Å². The maximum absolute atomic E-state index is 4.13. The lowest BCUT2D eigenvalue weighted by molar-refractivity contribution is 0.837. The van der Waals surface area contributed by atoms with Gasteiger partial charge in [-0.1, -0.05) is 30.3 Å². The number of fused-ring (bicyclic) bond motifs is 1. The van der Waals surface area contributed by atoms with Crippen LogP contribution in [-0.2, 0) is 6.54 Å². The molecule has 0 unspecified atom stereocenters. The fraction of sp³-hybridized carbons (Fsp3) is 0.0500. The van der Waals surface area contributed by atoms with E-state index < -0.39 is 0 Å². The van der Waals surface area contributed by atoms with E-state index in [9.17, 15) is 0 Å². The third kappa shape index (κ3) is 2.94. The van der Waals surface area contributed by atoms with Crippen LogP contribution in [0.5, 0.6) is 0 Å². The summed E-state index contributed by atoms with van der Waals surface area (Å²) in [4.78, 5) is 4.13. The Kier molecular flexibility index (Phi) is 3.53. The zero-order chi connectivity index (χ0) is 15.5. The predicted molar refractivity (Wildman–Crippen MR) is 95.0 cm³/mol. The van der Waals surface area contributed by atoms with Crippen LogP contribution < -0.4 is 5.32 Å². The number of benzene rings is 2. The lowest BCUT2D eigenvalue weighted by Gasteiger charge is -2.08. The number of nitrogens with one attached hydrogen (secondary N) is 1. The number of hydrogen-bond donors (Lipinski definition) is 1. The monoisotopic (exact) mass is 299 g/mol. The van der Waals surface area contributed by atoms with Gasteiger partial charge >= 0.3 is 0 Å². The second kappa shape index (κ2) is 5.97. The molecule has 112 valence electrons. The first-order valence-electron chi connectivity index (χ1n) is 7.68. The SMILES string of the molecule is c1ccc(Cn2ccc3cc(Nc4cccnc4)ccc32)cc1. The van der Waals surface area contributed by atoms with E-state index in [-0.39, 0.29) is 0 Å². The quantitative estimate of drug-likeness (QED) is 0.585. The van der Waals surface area contributed by atoms with Gasteiger partial charge in [-0.2, -0.15) is 0 Å². The molecule has 3 heteroatoms. The van der Waals surface area contributed by atoms with Crippen molar-refractivity contribution in [3.63, 3.8) is 0 Å². The highest BCUT2D eigenvalue weighted by molar-refractivity contribution is 5.84. The number of anilines is 2. The summed E-state index contributed by atoms with van der Waals surface area (Å²) in [5, 5.41) is 4.61. The van der Waals surface area contributed by atoms with E-state index in [1.165, 1.54) is 16.5 Å². The predicted octanol–water partition coefficient (Wildman–Crippen LogP) is 4.83. The largest absolute Gasteiger partial charge is 0.354 e. The first-order valence-corrected chi connectivity index (χ1v) is 7.68. The summed E-state index contributed by atoms with van der Waals surface area (Å²) in [6, 6.07) is 23.1. The third-order valence-corrected chi connectivity index (χ3v) is 3.92. The van der Waals surface area contributed by atoms with Gasteiger partial charge in [0.05, 0.1) is 11.9 Å². The Labute approximate surface area is 135 Å². The maximum atomic E-state index is 4.13. The molecule has 23 heavy (non-hydrogen) atoms. The Bertz CT molecular complexity index is 911. The smallest absolute Gasteiger partial charge is 0.0570 e. The van der Waals surface area contributed by atoms with Crippen molar-refractivity contribution < 1.29 is 0 Å². The minimum Gasteiger partial charge on any atom is -0.354 e. The van der Waals surface area contributed by atoms with Crippen molar-refractivity contribution in [2.45, 2.75) is 6.54 Å². The van der Waals surface area contributed by atoms with Crippen LogP contribution in [0.2, 0.25) is 0 Å². The first kappa shape index (κ1) is 13.6. The standard InChI is InChI=1S/C20H17N3/c1-2-5-16(6-3-1)15-23-12-10-17-13-18(8-9-20(17)23)22-19-7-4-11-21-14-19/h1-14,22H,15H2. The normalized spacial score (nSPS) is 10.8. The van der Waals surface area contributed by atoms with Crippen molar-refractivity contribution in [1.29, 1.82) is 0 Å². The van der Waals surface area contributed by atoms with E-state index in [1.54, 1.807) is 6.20 Å². The van der Waals surface area contributed by atoms with E-state index in [0.29, 0.717) is 0 Å². The van der Waals surface area contributed by atoms with Crippen molar-refractivity contribution >= 4 is 22.3 Å². The van der Waals surface area contributed by atoms with Gasteiger partial charge < -0.3 is 9.88 Å². The fourth-order valence-electron chi connectivity index (χ4n) is 2.80. The van der Waals surface area contributed by atoms with Crippen molar-refractivity contribution in [2.24, 2.45) is 0 Å².